The molecule has 8 heteroatoms. The molecule has 2 saturated heterocycles. The molecule has 3 rings (SSSR count). The number of hydrogen-bond acceptors (Lipinski definition) is 4. The van der Waals surface area contributed by atoms with Gasteiger partial charge in [0.25, 0.3) is 5.91 Å². The Morgan fingerprint density at radius 3 is 2.87 bits per heavy atom. The van der Waals surface area contributed by atoms with Crippen molar-refractivity contribution in [2.45, 2.75) is 12.2 Å². The molecule has 0 aliphatic carbocycles. The van der Waals surface area contributed by atoms with Gasteiger partial charge in [-0.2, -0.15) is 0 Å². The molecule has 128 valence electrons. The van der Waals surface area contributed by atoms with Gasteiger partial charge in [0.05, 0.1) is 24.8 Å². The maximum atomic E-state index is 13.3. The summed E-state index contributed by atoms with van der Waals surface area (Å²) in [5, 5.41) is 3.21. The molecular weight excluding hydrogens is 346 g/mol. The summed E-state index contributed by atoms with van der Waals surface area (Å²) >= 11 is 5.81. The number of morpholine rings is 2. The number of halogens is 3. The molecule has 23 heavy (non-hydrogen) atoms. The Bertz CT molecular complexity index is 556. The van der Waals surface area contributed by atoms with Crippen LogP contribution in [0, 0.1) is 5.82 Å². The van der Waals surface area contributed by atoms with Crippen molar-refractivity contribution in [3.8, 4) is 0 Å². The van der Waals surface area contributed by atoms with Crippen LogP contribution in [0.5, 0.6) is 0 Å². The van der Waals surface area contributed by atoms with Crippen LogP contribution >= 0.6 is 24.0 Å². The van der Waals surface area contributed by atoms with Crippen molar-refractivity contribution in [1.82, 2.24) is 10.2 Å². The summed E-state index contributed by atoms with van der Waals surface area (Å²) in [6, 6.07) is 4.50. The topological polar surface area (TPSA) is 50.8 Å². The lowest BCUT2D eigenvalue weighted by molar-refractivity contribution is -0.152. The van der Waals surface area contributed by atoms with Gasteiger partial charge in [0.2, 0.25) is 0 Å². The quantitative estimate of drug-likeness (QED) is 0.868. The van der Waals surface area contributed by atoms with Crippen molar-refractivity contribution >= 4 is 29.9 Å². The predicted octanol–water partition coefficient (Wildman–Crippen LogP) is 1.79. The molecule has 0 bridgehead atoms. The molecular formula is C15H19Cl2FN2O3. The molecule has 2 unspecified atom stereocenters. The van der Waals surface area contributed by atoms with Crippen molar-refractivity contribution < 1.29 is 18.7 Å². The SMILES string of the molecule is Cl.O=C(C1CNCCO1)N1CCOC(c2ccc(F)c(Cl)c2)C1. The molecule has 0 radical (unpaired) electrons. The molecule has 2 atom stereocenters. The summed E-state index contributed by atoms with van der Waals surface area (Å²) in [6.07, 6.45) is -0.739. The van der Waals surface area contributed by atoms with E-state index in [1.807, 2.05) is 0 Å². The first-order chi connectivity index (χ1) is 10.6. The van der Waals surface area contributed by atoms with E-state index >= 15 is 0 Å². The van der Waals surface area contributed by atoms with Gasteiger partial charge in [-0.3, -0.25) is 4.79 Å². The molecule has 2 heterocycles. The van der Waals surface area contributed by atoms with E-state index in [-0.39, 0.29) is 29.4 Å². The van der Waals surface area contributed by atoms with Crippen LogP contribution in [-0.2, 0) is 14.3 Å². The summed E-state index contributed by atoms with van der Waals surface area (Å²) in [7, 11) is 0. The molecule has 2 aliphatic rings. The van der Waals surface area contributed by atoms with Crippen molar-refractivity contribution in [2.24, 2.45) is 0 Å². The number of nitrogens with one attached hydrogen (secondary N) is 1. The Labute approximate surface area is 145 Å². The highest BCUT2D eigenvalue weighted by atomic mass is 35.5. The first-order valence-corrected chi connectivity index (χ1v) is 7.70. The Hall–Kier alpha value is -0.920. The first kappa shape index (κ1) is 18.4. The van der Waals surface area contributed by atoms with Crippen LogP contribution < -0.4 is 5.32 Å². The highest BCUT2D eigenvalue weighted by Gasteiger charge is 2.31. The van der Waals surface area contributed by atoms with Crippen LogP contribution in [0.1, 0.15) is 11.7 Å². The molecule has 0 spiro atoms. The van der Waals surface area contributed by atoms with Gasteiger partial charge in [0.1, 0.15) is 18.0 Å². The van der Waals surface area contributed by atoms with E-state index in [1.165, 1.54) is 6.07 Å². The number of ether oxygens (including phenoxy) is 2. The normalized spacial score (nSPS) is 24.9. The Morgan fingerprint density at radius 1 is 1.35 bits per heavy atom. The fraction of sp³-hybridized carbons (Fsp3) is 0.533. The number of nitrogens with zero attached hydrogens (tertiary/aromatic N) is 1. The molecule has 5 nitrogen and oxygen atoms in total. The zero-order chi connectivity index (χ0) is 15.5. The molecule has 0 saturated carbocycles. The van der Waals surface area contributed by atoms with E-state index in [4.69, 9.17) is 21.1 Å². The van der Waals surface area contributed by atoms with Crippen molar-refractivity contribution in [2.75, 3.05) is 39.4 Å². The second-order valence-corrected chi connectivity index (χ2v) is 5.79. The molecule has 0 aromatic heterocycles. The van der Waals surface area contributed by atoms with E-state index in [0.29, 0.717) is 32.8 Å². The smallest absolute Gasteiger partial charge is 0.253 e. The van der Waals surface area contributed by atoms with Crippen molar-refractivity contribution in [3.05, 3.63) is 34.6 Å². The van der Waals surface area contributed by atoms with E-state index in [1.54, 1.807) is 17.0 Å². The first-order valence-electron chi connectivity index (χ1n) is 7.33. The fourth-order valence-electron chi connectivity index (χ4n) is 2.69. The zero-order valence-electron chi connectivity index (χ0n) is 12.5. The van der Waals surface area contributed by atoms with Crippen LogP contribution in [0.15, 0.2) is 18.2 Å². The number of carbonyl (C=O) groups excluding carboxylic acids is 1. The van der Waals surface area contributed by atoms with Crippen LogP contribution in [0.4, 0.5) is 4.39 Å². The van der Waals surface area contributed by atoms with Gasteiger partial charge in [-0.05, 0) is 17.7 Å². The standard InChI is InChI=1S/C15H18ClFN2O3.ClH/c16-11-7-10(1-2-12(11)17)14-9-19(4-6-22-14)15(20)13-8-18-3-5-21-13;/h1-2,7,13-14,18H,3-6,8-9H2;1H. The number of carbonyl (C=O) groups is 1. The third-order valence-corrected chi connectivity index (χ3v) is 4.19. The molecule has 2 aliphatic heterocycles. The monoisotopic (exact) mass is 364 g/mol. The van der Waals surface area contributed by atoms with Crippen LogP contribution in [-0.4, -0.2) is 56.3 Å². The van der Waals surface area contributed by atoms with Gasteiger partial charge in [-0.25, -0.2) is 4.39 Å². The van der Waals surface area contributed by atoms with E-state index in [0.717, 1.165) is 12.1 Å². The van der Waals surface area contributed by atoms with E-state index in [2.05, 4.69) is 5.32 Å². The summed E-state index contributed by atoms with van der Waals surface area (Å²) in [5.74, 6) is -0.496. The van der Waals surface area contributed by atoms with Crippen molar-refractivity contribution in [3.63, 3.8) is 0 Å². The van der Waals surface area contributed by atoms with Gasteiger partial charge < -0.3 is 19.7 Å². The van der Waals surface area contributed by atoms with Crippen LogP contribution in [0.25, 0.3) is 0 Å². The van der Waals surface area contributed by atoms with Crippen LogP contribution in [0.2, 0.25) is 5.02 Å². The third kappa shape index (κ3) is 4.33. The fourth-order valence-corrected chi connectivity index (χ4v) is 2.88. The van der Waals surface area contributed by atoms with Gasteiger partial charge in [-0.15, -0.1) is 12.4 Å². The van der Waals surface area contributed by atoms with Crippen molar-refractivity contribution in [1.29, 1.82) is 0 Å². The summed E-state index contributed by atoms with van der Waals surface area (Å²) < 4.78 is 24.5. The second-order valence-electron chi connectivity index (χ2n) is 5.38. The summed E-state index contributed by atoms with van der Waals surface area (Å²) in [4.78, 5) is 14.2. The molecule has 1 aromatic carbocycles. The van der Waals surface area contributed by atoms with Gasteiger partial charge >= 0.3 is 0 Å². The van der Waals surface area contributed by atoms with Gasteiger partial charge in [0, 0.05) is 19.6 Å². The average molecular weight is 365 g/mol. The lowest BCUT2D eigenvalue weighted by Crippen LogP contribution is -2.52. The van der Waals surface area contributed by atoms with Crippen LogP contribution in [0.3, 0.4) is 0 Å². The minimum atomic E-state index is -0.462. The highest BCUT2D eigenvalue weighted by molar-refractivity contribution is 6.30. The molecule has 2 fully saturated rings. The van der Waals surface area contributed by atoms with Gasteiger partial charge in [0.15, 0.2) is 0 Å². The molecule has 1 aromatic rings. The zero-order valence-corrected chi connectivity index (χ0v) is 14.0. The highest BCUT2D eigenvalue weighted by Crippen LogP contribution is 2.26. The van der Waals surface area contributed by atoms with Gasteiger partial charge in [-0.1, -0.05) is 17.7 Å². The summed E-state index contributed by atoms with van der Waals surface area (Å²) in [5.41, 5.74) is 0.770. The Kier molecular flexibility index (Phi) is 6.61. The molecule has 1 N–H and O–H groups in total. The number of amides is 1. The Balaban J connectivity index is 0.00000192. The lowest BCUT2D eigenvalue weighted by Gasteiger charge is -2.36. The minimum absolute atomic E-state index is 0. The van der Waals surface area contributed by atoms with E-state index in [9.17, 15) is 9.18 Å². The van der Waals surface area contributed by atoms with E-state index < -0.39 is 11.9 Å². The number of rotatable bonds is 2. The number of hydrogen-bond donors (Lipinski definition) is 1. The predicted molar refractivity (Wildman–Crippen MR) is 86.5 cm³/mol. The average Bonchev–Trinajstić information content (AvgIpc) is 2.57. The lowest BCUT2D eigenvalue weighted by atomic mass is 10.1. The largest absolute Gasteiger partial charge is 0.370 e. The maximum absolute atomic E-state index is 13.3. The summed E-state index contributed by atoms with van der Waals surface area (Å²) in [6.45, 7) is 3.22. The second kappa shape index (κ2) is 8.26. The minimum Gasteiger partial charge on any atom is -0.370 e. The number of benzene rings is 1. The maximum Gasteiger partial charge on any atom is 0.253 e. The Morgan fingerprint density at radius 2 is 2.17 bits per heavy atom. The molecule has 1 amide bonds. The third-order valence-electron chi connectivity index (χ3n) is 3.90.